The molecule has 4 rings (SSSR count). The Bertz CT molecular complexity index is 1470. The molecule has 0 unspecified atom stereocenters. The Kier molecular flexibility index (Phi) is 7.84. The van der Waals surface area contributed by atoms with Gasteiger partial charge in [0.2, 0.25) is 5.91 Å². The number of thiophene rings is 1. The Labute approximate surface area is 219 Å². The van der Waals surface area contributed by atoms with E-state index in [1.165, 1.54) is 22.9 Å². The van der Waals surface area contributed by atoms with E-state index in [1.54, 1.807) is 57.6 Å². The van der Waals surface area contributed by atoms with E-state index >= 15 is 0 Å². The van der Waals surface area contributed by atoms with E-state index in [2.05, 4.69) is 23.5 Å². The van der Waals surface area contributed by atoms with Crippen LogP contribution in [-0.2, 0) is 4.79 Å². The first-order chi connectivity index (χ1) is 17.8. The monoisotopic (exact) mass is 513 g/mol. The van der Waals surface area contributed by atoms with Crippen LogP contribution in [0, 0.1) is 5.92 Å². The molecular formula is C30H27NO5S. The number of hydrogen-bond donors (Lipinski definition) is 1. The van der Waals surface area contributed by atoms with Crippen molar-refractivity contribution in [3.63, 3.8) is 0 Å². The maximum absolute atomic E-state index is 12.9. The lowest BCUT2D eigenvalue weighted by molar-refractivity contribution is -0.122. The normalized spacial score (nSPS) is 11.2. The largest absolute Gasteiger partial charge is 0.496 e. The lowest BCUT2D eigenvalue weighted by Gasteiger charge is -2.12. The molecule has 1 N–H and O–H groups in total. The van der Waals surface area contributed by atoms with Gasteiger partial charge in [-0.15, -0.1) is 11.3 Å². The molecule has 0 spiro atoms. The zero-order valence-corrected chi connectivity index (χ0v) is 21.8. The molecule has 0 saturated heterocycles. The quantitative estimate of drug-likeness (QED) is 0.218. The summed E-state index contributed by atoms with van der Waals surface area (Å²) < 4.78 is 12.4. The molecule has 0 atom stereocenters. The molecule has 2 amide bonds. The highest BCUT2D eigenvalue weighted by atomic mass is 32.1. The molecular weight excluding hydrogens is 486 g/mol. The van der Waals surface area contributed by atoms with Crippen LogP contribution in [0.25, 0.3) is 26.6 Å². The van der Waals surface area contributed by atoms with Crippen LogP contribution in [0.2, 0.25) is 0 Å². The van der Waals surface area contributed by atoms with Gasteiger partial charge < -0.3 is 9.47 Å². The summed E-state index contributed by atoms with van der Waals surface area (Å²) in [6.45, 7) is 3.42. The van der Waals surface area contributed by atoms with Crippen LogP contribution < -0.4 is 14.8 Å². The van der Waals surface area contributed by atoms with Crippen molar-refractivity contribution in [2.75, 3.05) is 14.2 Å². The van der Waals surface area contributed by atoms with E-state index in [1.807, 2.05) is 24.3 Å². The molecule has 3 aromatic carbocycles. The van der Waals surface area contributed by atoms with Crippen LogP contribution in [-0.4, -0.2) is 31.8 Å². The predicted octanol–water partition coefficient (Wildman–Crippen LogP) is 6.39. The Morgan fingerprint density at radius 2 is 1.54 bits per heavy atom. The van der Waals surface area contributed by atoms with Crippen molar-refractivity contribution in [1.82, 2.24) is 5.32 Å². The van der Waals surface area contributed by atoms with Gasteiger partial charge in [0.05, 0.1) is 14.2 Å². The minimum Gasteiger partial charge on any atom is -0.496 e. The topological polar surface area (TPSA) is 81.7 Å². The lowest BCUT2D eigenvalue weighted by atomic mass is 10.0. The third kappa shape index (κ3) is 5.78. The van der Waals surface area contributed by atoms with E-state index in [0.717, 1.165) is 21.4 Å². The van der Waals surface area contributed by atoms with E-state index in [9.17, 15) is 14.4 Å². The van der Waals surface area contributed by atoms with Gasteiger partial charge in [0, 0.05) is 43.8 Å². The summed E-state index contributed by atoms with van der Waals surface area (Å²) in [5, 5.41) is 3.49. The summed E-state index contributed by atoms with van der Waals surface area (Å²) in [5.74, 6) is -0.124. The van der Waals surface area contributed by atoms with E-state index < -0.39 is 5.91 Å². The van der Waals surface area contributed by atoms with Gasteiger partial charge >= 0.3 is 0 Å². The van der Waals surface area contributed by atoms with Gasteiger partial charge in [0.15, 0.2) is 5.78 Å². The molecule has 0 bridgehead atoms. The number of allylic oxidation sites excluding steroid dienone is 1. The molecule has 4 aromatic rings. The molecule has 1 aromatic heterocycles. The minimum absolute atomic E-state index is 0.230. The molecule has 0 aliphatic heterocycles. The van der Waals surface area contributed by atoms with Gasteiger partial charge in [-0.3, -0.25) is 19.7 Å². The fraction of sp³-hybridized carbons (Fsp3) is 0.167. The summed E-state index contributed by atoms with van der Waals surface area (Å²) in [6, 6.07) is 20.2. The molecule has 7 heteroatoms. The number of nitrogens with one attached hydrogen (secondary N) is 1. The maximum Gasteiger partial charge on any atom is 0.257 e. The van der Waals surface area contributed by atoms with Gasteiger partial charge in [-0.2, -0.15) is 0 Å². The minimum atomic E-state index is -0.495. The number of carbonyl (C=O) groups excluding carboxylic acids is 3. The van der Waals surface area contributed by atoms with Crippen molar-refractivity contribution in [2.24, 2.45) is 5.92 Å². The standard InChI is InChI=1S/C30H27NO5S/c1-18(2)29(33)31-30(34)20-11-9-19(10-12-20)24(32)14-13-21-15-23(26(36-4)17-25(21)35-3)28-16-22-7-5-6-8-27(22)37-28/h5-18H,1-4H3,(H,31,33,34). The first-order valence-corrected chi connectivity index (χ1v) is 12.5. The highest BCUT2D eigenvalue weighted by Crippen LogP contribution is 2.41. The molecule has 1 heterocycles. The molecule has 0 saturated carbocycles. The second-order valence-electron chi connectivity index (χ2n) is 8.69. The number of amides is 2. The molecule has 6 nitrogen and oxygen atoms in total. The molecule has 0 aliphatic carbocycles. The molecule has 0 radical (unpaired) electrons. The average molecular weight is 514 g/mol. The van der Waals surface area contributed by atoms with E-state index in [-0.39, 0.29) is 17.6 Å². The Morgan fingerprint density at radius 3 is 2.19 bits per heavy atom. The van der Waals surface area contributed by atoms with Crippen LogP contribution in [0.5, 0.6) is 11.5 Å². The number of benzene rings is 3. The molecule has 37 heavy (non-hydrogen) atoms. The lowest BCUT2D eigenvalue weighted by Crippen LogP contribution is -2.33. The van der Waals surface area contributed by atoms with Crippen molar-refractivity contribution in [3.8, 4) is 21.9 Å². The van der Waals surface area contributed by atoms with E-state index in [4.69, 9.17) is 9.47 Å². The zero-order chi connectivity index (χ0) is 26.5. The second kappa shape index (κ2) is 11.2. The third-order valence-electron chi connectivity index (χ3n) is 5.85. The van der Waals surface area contributed by atoms with Crippen LogP contribution in [0.3, 0.4) is 0 Å². The SMILES string of the molecule is COc1cc(OC)c(-c2cc3ccccc3s2)cc1C=CC(=O)c1ccc(C(=O)NC(=O)C(C)C)cc1. The Balaban J connectivity index is 1.59. The number of hydrogen-bond acceptors (Lipinski definition) is 6. The summed E-state index contributed by atoms with van der Waals surface area (Å²) in [4.78, 5) is 37.9. The van der Waals surface area contributed by atoms with Crippen molar-refractivity contribution in [1.29, 1.82) is 0 Å². The van der Waals surface area contributed by atoms with Crippen molar-refractivity contribution in [3.05, 3.63) is 89.5 Å². The number of carbonyl (C=O) groups is 3. The number of fused-ring (bicyclic) bond motifs is 1. The molecule has 0 aliphatic rings. The van der Waals surface area contributed by atoms with E-state index in [0.29, 0.717) is 22.6 Å². The number of imide groups is 1. The average Bonchev–Trinajstić information content (AvgIpc) is 3.35. The summed E-state index contributed by atoms with van der Waals surface area (Å²) in [7, 11) is 3.19. The summed E-state index contributed by atoms with van der Waals surface area (Å²) >= 11 is 1.67. The zero-order valence-electron chi connectivity index (χ0n) is 21.0. The first kappa shape index (κ1) is 25.9. The van der Waals surface area contributed by atoms with Crippen LogP contribution in [0.4, 0.5) is 0 Å². The van der Waals surface area contributed by atoms with Gasteiger partial charge in [0.25, 0.3) is 5.91 Å². The molecule has 188 valence electrons. The van der Waals surface area contributed by atoms with Crippen molar-refractivity contribution >= 4 is 45.1 Å². The Hall–Kier alpha value is -4.23. The first-order valence-electron chi connectivity index (χ1n) is 11.7. The highest BCUT2D eigenvalue weighted by Gasteiger charge is 2.16. The van der Waals surface area contributed by atoms with Gasteiger partial charge in [-0.1, -0.05) is 44.2 Å². The maximum atomic E-state index is 12.9. The summed E-state index contributed by atoms with van der Waals surface area (Å²) in [6.07, 6.45) is 3.18. The van der Waals surface area contributed by atoms with Gasteiger partial charge in [-0.25, -0.2) is 0 Å². The van der Waals surface area contributed by atoms with Gasteiger partial charge in [0.1, 0.15) is 11.5 Å². The Morgan fingerprint density at radius 1 is 0.865 bits per heavy atom. The van der Waals surface area contributed by atoms with Crippen molar-refractivity contribution in [2.45, 2.75) is 13.8 Å². The van der Waals surface area contributed by atoms with Crippen LogP contribution in [0.1, 0.15) is 40.1 Å². The van der Waals surface area contributed by atoms with Crippen molar-refractivity contribution < 1.29 is 23.9 Å². The third-order valence-corrected chi connectivity index (χ3v) is 7.00. The van der Waals surface area contributed by atoms with Gasteiger partial charge in [-0.05, 0) is 47.9 Å². The fourth-order valence-electron chi connectivity index (χ4n) is 3.74. The smallest absolute Gasteiger partial charge is 0.257 e. The van der Waals surface area contributed by atoms with Crippen LogP contribution in [0.15, 0.2) is 72.8 Å². The predicted molar refractivity (Wildman–Crippen MR) is 147 cm³/mol. The second-order valence-corrected chi connectivity index (χ2v) is 9.77. The number of ether oxygens (including phenoxy) is 2. The molecule has 0 fully saturated rings. The summed E-state index contributed by atoms with van der Waals surface area (Å²) in [5.41, 5.74) is 2.36. The van der Waals surface area contributed by atoms with Crippen LogP contribution >= 0.6 is 11.3 Å². The number of ketones is 1. The number of rotatable bonds is 8. The highest BCUT2D eigenvalue weighted by molar-refractivity contribution is 7.22. The fourth-order valence-corrected chi connectivity index (χ4v) is 4.82. The number of methoxy groups -OCH3 is 2.